The average Bonchev–Trinajstić information content (AvgIpc) is 2.93. The van der Waals surface area contributed by atoms with E-state index in [4.69, 9.17) is 16.3 Å². The molecule has 3 aromatic rings. The molecule has 0 spiro atoms. The van der Waals surface area contributed by atoms with E-state index < -0.39 is 10.0 Å². The molecule has 1 aliphatic heterocycles. The van der Waals surface area contributed by atoms with Gasteiger partial charge < -0.3 is 10.1 Å². The van der Waals surface area contributed by atoms with E-state index in [0.717, 1.165) is 68.3 Å². The molecular weight excluding hydrogens is 532 g/mol. The smallest absolute Gasteiger partial charge is 0.216 e. The summed E-state index contributed by atoms with van der Waals surface area (Å²) in [6, 6.07) is 18.5. The number of sulfonamides is 1. The molecule has 1 aromatic heterocycles. The second-order valence-corrected chi connectivity index (χ2v) is 12.9. The number of rotatable bonds is 15. The van der Waals surface area contributed by atoms with Crippen LogP contribution in [-0.4, -0.2) is 73.8 Å². The number of aromatic nitrogens is 1. The Bertz CT molecular complexity index is 1270. The van der Waals surface area contributed by atoms with Gasteiger partial charge in [0.25, 0.3) is 0 Å². The predicted octanol–water partition coefficient (Wildman–Crippen LogP) is 5.80. The van der Waals surface area contributed by atoms with Crippen LogP contribution in [0.15, 0.2) is 60.8 Å². The molecule has 39 heavy (non-hydrogen) atoms. The lowest BCUT2D eigenvalue weighted by Gasteiger charge is -2.26. The minimum absolute atomic E-state index is 0.0603. The summed E-state index contributed by atoms with van der Waals surface area (Å²) in [7, 11) is -3.22. The first-order chi connectivity index (χ1) is 18.9. The molecule has 2 aromatic carbocycles. The molecule has 212 valence electrons. The third-order valence-electron chi connectivity index (χ3n) is 7.21. The average molecular weight is 573 g/mol. The van der Waals surface area contributed by atoms with Gasteiger partial charge in [-0.15, -0.1) is 0 Å². The number of nitrogens with zero attached hydrogens (tertiary/aromatic N) is 3. The highest BCUT2D eigenvalue weighted by molar-refractivity contribution is 7.89. The van der Waals surface area contributed by atoms with Gasteiger partial charge in [0, 0.05) is 54.5 Å². The second-order valence-electron chi connectivity index (χ2n) is 10.4. The first-order valence-electron chi connectivity index (χ1n) is 14.0. The fourth-order valence-corrected chi connectivity index (χ4v) is 6.62. The number of fused-ring (bicyclic) bond motifs is 1. The van der Waals surface area contributed by atoms with Gasteiger partial charge in [0.1, 0.15) is 0 Å². The maximum Gasteiger partial charge on any atom is 0.216 e. The summed E-state index contributed by atoms with van der Waals surface area (Å²) in [4.78, 5) is 6.83. The molecule has 1 fully saturated rings. The highest BCUT2D eigenvalue weighted by Gasteiger charge is 2.23. The fraction of sp³-hybridized carbons (Fsp3) is 0.500. The topological polar surface area (TPSA) is 74.8 Å². The standard InChI is InChI=1S/C30H41ClN4O3S/c1-25(33-29-14-15-32-30-23-27(31)12-13-28(29)30)9-8-16-34(24-26-10-4-2-5-11-26)19-20-38-21-22-39(36,37)35-17-6-3-7-18-35/h2,4-5,10-15,23,25H,3,6-9,16-22,24H2,1H3,(H,32,33). The van der Waals surface area contributed by atoms with Crippen molar-refractivity contribution in [3.63, 3.8) is 0 Å². The summed E-state index contributed by atoms with van der Waals surface area (Å²) in [6.07, 6.45) is 6.88. The molecule has 2 heterocycles. The van der Waals surface area contributed by atoms with Crippen molar-refractivity contribution < 1.29 is 13.2 Å². The summed E-state index contributed by atoms with van der Waals surface area (Å²) < 4.78 is 32.6. The molecule has 0 amide bonds. The molecule has 1 aliphatic rings. The van der Waals surface area contributed by atoms with Crippen molar-refractivity contribution in [2.45, 2.75) is 51.6 Å². The summed E-state index contributed by atoms with van der Waals surface area (Å²) in [5, 5.41) is 5.40. The summed E-state index contributed by atoms with van der Waals surface area (Å²) >= 11 is 6.14. The van der Waals surface area contributed by atoms with E-state index in [1.807, 2.05) is 36.5 Å². The lowest BCUT2D eigenvalue weighted by molar-refractivity contribution is 0.110. The molecule has 1 unspecified atom stereocenters. The molecule has 9 heteroatoms. The predicted molar refractivity (Wildman–Crippen MR) is 161 cm³/mol. The van der Waals surface area contributed by atoms with Gasteiger partial charge in [-0.25, -0.2) is 12.7 Å². The van der Waals surface area contributed by atoms with Crippen molar-refractivity contribution >= 4 is 38.2 Å². The highest BCUT2D eigenvalue weighted by atomic mass is 35.5. The third-order valence-corrected chi connectivity index (χ3v) is 9.28. The van der Waals surface area contributed by atoms with Crippen molar-refractivity contribution in [1.29, 1.82) is 0 Å². The van der Waals surface area contributed by atoms with E-state index in [1.165, 1.54) is 5.56 Å². The summed E-state index contributed by atoms with van der Waals surface area (Å²) in [5.41, 5.74) is 3.22. The summed E-state index contributed by atoms with van der Waals surface area (Å²) in [5.74, 6) is 0.0603. The minimum atomic E-state index is -3.22. The molecule has 7 nitrogen and oxygen atoms in total. The maximum absolute atomic E-state index is 12.6. The van der Waals surface area contributed by atoms with Crippen LogP contribution in [0, 0.1) is 0 Å². The van der Waals surface area contributed by atoms with Crippen LogP contribution in [0.1, 0.15) is 44.6 Å². The molecule has 4 rings (SSSR count). The Morgan fingerprint density at radius 2 is 1.85 bits per heavy atom. The van der Waals surface area contributed by atoms with Crippen molar-refractivity contribution in [2.75, 3.05) is 50.5 Å². The zero-order valence-electron chi connectivity index (χ0n) is 22.9. The first-order valence-corrected chi connectivity index (χ1v) is 16.0. The van der Waals surface area contributed by atoms with E-state index >= 15 is 0 Å². The lowest BCUT2D eigenvalue weighted by Crippen LogP contribution is -2.38. The first kappa shape index (κ1) is 29.7. The van der Waals surface area contributed by atoms with Gasteiger partial charge in [-0.3, -0.25) is 9.88 Å². The highest BCUT2D eigenvalue weighted by Crippen LogP contribution is 2.25. The summed E-state index contributed by atoms with van der Waals surface area (Å²) in [6.45, 7) is 6.78. The van der Waals surface area contributed by atoms with Crippen LogP contribution in [0.3, 0.4) is 0 Å². The van der Waals surface area contributed by atoms with Gasteiger partial charge in [0.2, 0.25) is 10.0 Å². The number of anilines is 1. The number of benzene rings is 2. The van der Waals surface area contributed by atoms with Crippen LogP contribution >= 0.6 is 11.6 Å². The van der Waals surface area contributed by atoms with E-state index in [9.17, 15) is 8.42 Å². The van der Waals surface area contributed by atoms with Crippen molar-refractivity contribution in [1.82, 2.24) is 14.2 Å². The van der Waals surface area contributed by atoms with Crippen LogP contribution in [0.5, 0.6) is 0 Å². The van der Waals surface area contributed by atoms with Crippen molar-refractivity contribution in [3.05, 3.63) is 71.4 Å². The monoisotopic (exact) mass is 572 g/mol. The minimum Gasteiger partial charge on any atom is -0.382 e. The number of pyridine rings is 1. The zero-order chi connectivity index (χ0) is 27.5. The molecular formula is C30H41ClN4O3S. The van der Waals surface area contributed by atoms with Crippen LogP contribution < -0.4 is 5.32 Å². The fourth-order valence-electron chi connectivity index (χ4n) is 5.05. The molecule has 1 atom stereocenters. The van der Waals surface area contributed by atoms with Gasteiger partial charge in [-0.2, -0.15) is 0 Å². The van der Waals surface area contributed by atoms with Crippen LogP contribution in [0.25, 0.3) is 10.9 Å². The van der Waals surface area contributed by atoms with Crippen molar-refractivity contribution in [3.8, 4) is 0 Å². The van der Waals surface area contributed by atoms with Crippen LogP contribution in [0.2, 0.25) is 5.02 Å². The number of piperidine rings is 1. The molecule has 0 saturated carbocycles. The van der Waals surface area contributed by atoms with Crippen LogP contribution in [0.4, 0.5) is 5.69 Å². The van der Waals surface area contributed by atoms with E-state index in [2.05, 4.69) is 46.4 Å². The van der Waals surface area contributed by atoms with Gasteiger partial charge >= 0.3 is 0 Å². The molecule has 0 radical (unpaired) electrons. The largest absolute Gasteiger partial charge is 0.382 e. The SMILES string of the molecule is CC(CCCN(CCOCCS(=O)(=O)N1CCCCC1)Cc1ccccc1)Nc1ccnc2cc(Cl)ccc12. The van der Waals surface area contributed by atoms with Crippen LogP contribution in [-0.2, 0) is 21.3 Å². The van der Waals surface area contributed by atoms with E-state index in [-0.39, 0.29) is 12.4 Å². The van der Waals surface area contributed by atoms with Crippen molar-refractivity contribution in [2.24, 2.45) is 0 Å². The second kappa shape index (κ2) is 15.0. The Balaban J connectivity index is 1.24. The Morgan fingerprint density at radius 1 is 1.05 bits per heavy atom. The number of hydrogen-bond acceptors (Lipinski definition) is 6. The number of halogens is 1. The lowest BCUT2D eigenvalue weighted by atomic mass is 10.1. The van der Waals surface area contributed by atoms with Gasteiger partial charge in [-0.1, -0.05) is 48.4 Å². The number of nitrogens with one attached hydrogen (secondary N) is 1. The maximum atomic E-state index is 12.6. The number of ether oxygens (including phenoxy) is 1. The Morgan fingerprint density at radius 3 is 2.64 bits per heavy atom. The molecule has 0 aliphatic carbocycles. The van der Waals surface area contributed by atoms with E-state index in [1.54, 1.807) is 4.31 Å². The molecule has 1 N–H and O–H groups in total. The van der Waals surface area contributed by atoms with Gasteiger partial charge in [0.15, 0.2) is 0 Å². The third kappa shape index (κ3) is 9.43. The van der Waals surface area contributed by atoms with Gasteiger partial charge in [-0.05, 0) is 69.0 Å². The zero-order valence-corrected chi connectivity index (χ0v) is 24.5. The quantitative estimate of drug-likeness (QED) is 0.232. The number of hydrogen-bond donors (Lipinski definition) is 1. The molecule has 1 saturated heterocycles. The normalized spacial score (nSPS) is 15.6. The molecule has 0 bridgehead atoms. The Kier molecular flexibility index (Phi) is 11.4. The van der Waals surface area contributed by atoms with E-state index in [0.29, 0.717) is 30.8 Å². The Labute approximate surface area is 238 Å². The van der Waals surface area contributed by atoms with Gasteiger partial charge in [0.05, 0.1) is 24.5 Å². The Hall–Kier alpha value is -2.23.